The zero-order valence-corrected chi connectivity index (χ0v) is 23.5. The third kappa shape index (κ3) is 7.07. The van der Waals surface area contributed by atoms with E-state index in [1.54, 1.807) is 18.2 Å². The van der Waals surface area contributed by atoms with Gasteiger partial charge in [0.2, 0.25) is 17.7 Å². The van der Waals surface area contributed by atoms with Gasteiger partial charge >= 0.3 is 0 Å². The molecule has 4 atom stereocenters. The van der Waals surface area contributed by atoms with Crippen LogP contribution < -0.4 is 21.3 Å². The van der Waals surface area contributed by atoms with Crippen LogP contribution in [0.25, 0.3) is 10.9 Å². The van der Waals surface area contributed by atoms with Crippen LogP contribution in [0.5, 0.6) is 0 Å². The third-order valence-electron chi connectivity index (χ3n) is 7.23. The smallest absolute Gasteiger partial charge is 0.273 e. The van der Waals surface area contributed by atoms with Gasteiger partial charge in [0, 0.05) is 18.4 Å². The average molecular weight is 588 g/mol. The number of para-hydroxylation sites is 1. The maximum absolute atomic E-state index is 13.7. The van der Waals surface area contributed by atoms with Crippen LogP contribution in [-0.4, -0.2) is 68.6 Å². The fourth-order valence-electron chi connectivity index (χ4n) is 4.92. The van der Waals surface area contributed by atoms with E-state index in [2.05, 4.69) is 36.4 Å². The standard InChI is InChI=1S/C30H33N7O6/c1-17(38)24-28(41)31-14-8-7-13-21(32-29(42)25-19-11-5-6-12-20(19)36-37-25)26(39)33-22(15-18-9-3-2-4-10-18)30-34-23(16-43-30)27(40)35-24/h2-6,9-12,16-17,21-22,24,38H,7-8,13-15H2,1H3,(H,31,41)(H,32,42)(H,33,39)(H,35,40)(H,36,37)/t17-,21+,22+,24+/m1/s1. The van der Waals surface area contributed by atoms with Crippen molar-refractivity contribution >= 4 is 34.5 Å². The normalized spacial score (nSPS) is 21.0. The van der Waals surface area contributed by atoms with E-state index >= 15 is 0 Å². The fourth-order valence-corrected chi connectivity index (χ4v) is 4.92. The van der Waals surface area contributed by atoms with Gasteiger partial charge in [0.15, 0.2) is 11.4 Å². The predicted molar refractivity (Wildman–Crippen MR) is 155 cm³/mol. The fraction of sp³-hybridized carbons (Fsp3) is 0.333. The average Bonchev–Trinajstić information content (AvgIpc) is 3.67. The second-order valence-corrected chi connectivity index (χ2v) is 10.4. The number of nitrogens with one attached hydrogen (secondary N) is 5. The zero-order chi connectivity index (χ0) is 30.3. The Morgan fingerprint density at radius 1 is 1.05 bits per heavy atom. The van der Waals surface area contributed by atoms with Gasteiger partial charge < -0.3 is 30.8 Å². The lowest BCUT2D eigenvalue weighted by Gasteiger charge is -2.23. The molecule has 13 nitrogen and oxygen atoms in total. The predicted octanol–water partition coefficient (Wildman–Crippen LogP) is 1.53. The molecule has 2 aromatic carbocycles. The highest BCUT2D eigenvalue weighted by atomic mass is 16.3. The molecule has 0 saturated carbocycles. The number of nitrogens with zero attached hydrogens (tertiary/aromatic N) is 2. The number of aromatic amines is 1. The van der Waals surface area contributed by atoms with Crippen molar-refractivity contribution in [1.29, 1.82) is 0 Å². The highest BCUT2D eigenvalue weighted by molar-refractivity contribution is 6.06. The Kier molecular flexibility index (Phi) is 9.11. The Bertz CT molecular complexity index is 1600. The third-order valence-corrected chi connectivity index (χ3v) is 7.23. The largest absolute Gasteiger partial charge is 0.446 e. The van der Waals surface area contributed by atoms with Crippen LogP contribution in [0.1, 0.15) is 64.7 Å². The number of H-pyrrole nitrogens is 1. The number of aliphatic hydroxyl groups is 1. The van der Waals surface area contributed by atoms with Gasteiger partial charge in [-0.25, -0.2) is 4.98 Å². The number of oxazole rings is 1. The van der Waals surface area contributed by atoms with Crippen molar-refractivity contribution in [3.05, 3.63) is 83.7 Å². The lowest BCUT2D eigenvalue weighted by atomic mass is 10.0. The van der Waals surface area contributed by atoms with E-state index in [0.717, 1.165) is 11.8 Å². The molecule has 224 valence electrons. The topological polar surface area (TPSA) is 191 Å². The van der Waals surface area contributed by atoms with E-state index in [0.29, 0.717) is 23.7 Å². The summed E-state index contributed by atoms with van der Waals surface area (Å²) in [6.45, 7) is 1.63. The summed E-state index contributed by atoms with van der Waals surface area (Å²) in [5, 5.41) is 28.7. The zero-order valence-electron chi connectivity index (χ0n) is 23.5. The van der Waals surface area contributed by atoms with Crippen molar-refractivity contribution in [2.75, 3.05) is 6.54 Å². The lowest BCUT2D eigenvalue weighted by molar-refractivity contribution is -0.125. The molecule has 1 aliphatic rings. The van der Waals surface area contributed by atoms with Gasteiger partial charge in [-0.1, -0.05) is 48.5 Å². The van der Waals surface area contributed by atoms with E-state index in [-0.39, 0.29) is 36.7 Å². The summed E-state index contributed by atoms with van der Waals surface area (Å²) in [6.07, 6.45) is 1.46. The van der Waals surface area contributed by atoms with Crippen LogP contribution >= 0.6 is 0 Å². The molecule has 13 heteroatoms. The minimum atomic E-state index is -1.21. The number of carbonyl (C=O) groups excluding carboxylic acids is 4. The molecular formula is C30H33N7O6. The van der Waals surface area contributed by atoms with Gasteiger partial charge in [0.1, 0.15) is 24.4 Å². The summed E-state index contributed by atoms with van der Waals surface area (Å²) in [5.41, 5.74) is 1.60. The van der Waals surface area contributed by atoms with Crippen LogP contribution in [0.4, 0.5) is 0 Å². The van der Waals surface area contributed by atoms with Crippen molar-refractivity contribution in [3.8, 4) is 0 Å². The molecule has 2 bridgehead atoms. The van der Waals surface area contributed by atoms with Crippen molar-refractivity contribution < 1.29 is 28.7 Å². The second-order valence-electron chi connectivity index (χ2n) is 10.4. The molecule has 3 heterocycles. The summed E-state index contributed by atoms with van der Waals surface area (Å²) >= 11 is 0. The Morgan fingerprint density at radius 3 is 2.60 bits per heavy atom. The molecule has 0 saturated heterocycles. The first-order chi connectivity index (χ1) is 20.8. The maximum atomic E-state index is 13.7. The van der Waals surface area contributed by atoms with Crippen molar-refractivity contribution in [3.63, 3.8) is 0 Å². The Balaban J connectivity index is 1.44. The van der Waals surface area contributed by atoms with Gasteiger partial charge in [-0.3, -0.25) is 24.3 Å². The van der Waals surface area contributed by atoms with Crippen LogP contribution in [0.15, 0.2) is 65.3 Å². The van der Waals surface area contributed by atoms with Gasteiger partial charge in [-0.05, 0) is 37.8 Å². The molecule has 4 amide bonds. The first-order valence-electron chi connectivity index (χ1n) is 14.1. The van der Waals surface area contributed by atoms with Gasteiger partial charge in [0.25, 0.3) is 11.8 Å². The van der Waals surface area contributed by atoms with Crippen LogP contribution in [0, 0.1) is 0 Å². The summed E-state index contributed by atoms with van der Waals surface area (Å²) < 4.78 is 5.64. The molecule has 5 rings (SSSR count). The minimum absolute atomic E-state index is 0.0656. The molecule has 4 aromatic rings. The lowest BCUT2D eigenvalue weighted by Crippen LogP contribution is -2.52. The molecule has 0 radical (unpaired) electrons. The molecule has 0 unspecified atom stereocenters. The molecule has 2 aromatic heterocycles. The van der Waals surface area contributed by atoms with E-state index in [1.165, 1.54) is 6.92 Å². The Morgan fingerprint density at radius 2 is 1.81 bits per heavy atom. The number of carbonyl (C=O) groups is 4. The monoisotopic (exact) mass is 587 g/mol. The van der Waals surface area contributed by atoms with Crippen molar-refractivity contribution in [2.45, 2.75) is 56.8 Å². The van der Waals surface area contributed by atoms with E-state index in [9.17, 15) is 24.3 Å². The second kappa shape index (κ2) is 13.3. The summed E-state index contributed by atoms with van der Waals surface area (Å²) in [7, 11) is 0. The van der Waals surface area contributed by atoms with Gasteiger partial charge in [0.05, 0.1) is 11.6 Å². The number of fused-ring (bicyclic) bond motifs is 3. The number of rotatable bonds is 5. The molecule has 0 spiro atoms. The molecule has 0 aliphatic carbocycles. The molecule has 43 heavy (non-hydrogen) atoms. The summed E-state index contributed by atoms with van der Waals surface area (Å²) in [5.74, 6) is -2.20. The number of amides is 4. The van der Waals surface area contributed by atoms with E-state index in [4.69, 9.17) is 4.42 Å². The van der Waals surface area contributed by atoms with Crippen molar-refractivity contribution in [1.82, 2.24) is 36.4 Å². The summed E-state index contributed by atoms with van der Waals surface area (Å²) in [4.78, 5) is 57.0. The Hall–Kier alpha value is -5.04. The Labute approximate surface area is 246 Å². The molecule has 6 N–H and O–H groups in total. The van der Waals surface area contributed by atoms with E-state index in [1.807, 2.05) is 36.4 Å². The first kappa shape index (κ1) is 29.5. The highest BCUT2D eigenvalue weighted by Gasteiger charge is 2.31. The molecule has 0 fully saturated rings. The number of benzene rings is 2. The number of aromatic nitrogens is 3. The van der Waals surface area contributed by atoms with Gasteiger partial charge in [-0.15, -0.1) is 0 Å². The van der Waals surface area contributed by atoms with Crippen LogP contribution in [0.3, 0.4) is 0 Å². The summed E-state index contributed by atoms with van der Waals surface area (Å²) in [6, 6.07) is 13.6. The van der Waals surface area contributed by atoms with Crippen LogP contribution in [-0.2, 0) is 16.0 Å². The number of hydrogen-bond donors (Lipinski definition) is 6. The SMILES string of the molecule is C[C@@H](O)[C@@H]1NC(=O)c2coc(n2)[C@H](Cc2ccccc2)NC(=O)[C@@H](NC(=O)c2n[nH]c3ccccc23)CCCCNC1=O. The quantitative estimate of drug-likeness (QED) is 0.202. The van der Waals surface area contributed by atoms with Crippen molar-refractivity contribution in [2.24, 2.45) is 0 Å². The maximum Gasteiger partial charge on any atom is 0.273 e. The molecule has 1 aliphatic heterocycles. The van der Waals surface area contributed by atoms with E-state index < -0.39 is 47.9 Å². The number of aliphatic hydroxyl groups excluding tert-OH is 1. The first-order valence-corrected chi connectivity index (χ1v) is 14.1. The van der Waals surface area contributed by atoms with Crippen LogP contribution in [0.2, 0.25) is 0 Å². The highest BCUT2D eigenvalue weighted by Crippen LogP contribution is 2.20. The van der Waals surface area contributed by atoms with Gasteiger partial charge in [-0.2, -0.15) is 5.10 Å². The number of hydrogen-bond acceptors (Lipinski definition) is 8. The minimum Gasteiger partial charge on any atom is -0.446 e. The molecular weight excluding hydrogens is 554 g/mol.